The summed E-state index contributed by atoms with van der Waals surface area (Å²) in [7, 11) is 0. The van der Waals surface area contributed by atoms with Crippen molar-refractivity contribution in [2.24, 2.45) is 0 Å². The van der Waals surface area contributed by atoms with Crippen molar-refractivity contribution in [3.63, 3.8) is 0 Å². The molecular weight excluding hydrogens is 292 g/mol. The van der Waals surface area contributed by atoms with Gasteiger partial charge < -0.3 is 15.1 Å². The van der Waals surface area contributed by atoms with E-state index in [0.29, 0.717) is 11.3 Å². The lowest BCUT2D eigenvalue weighted by molar-refractivity contribution is -0.118. The number of benzene rings is 1. The van der Waals surface area contributed by atoms with Crippen LogP contribution in [0.2, 0.25) is 0 Å². The molecule has 0 radical (unpaired) electrons. The van der Waals surface area contributed by atoms with Gasteiger partial charge in [0.2, 0.25) is 0 Å². The van der Waals surface area contributed by atoms with E-state index in [4.69, 9.17) is 4.42 Å². The minimum absolute atomic E-state index is 0.0428. The molecule has 0 saturated carbocycles. The average molecular weight is 312 g/mol. The first kappa shape index (κ1) is 16.5. The molecule has 0 saturated heterocycles. The Hall–Kier alpha value is -2.82. The Balaban J connectivity index is 2.21. The molecule has 0 aliphatic heterocycles. The van der Waals surface area contributed by atoms with Gasteiger partial charge in [-0.05, 0) is 45.0 Å². The first-order chi connectivity index (χ1) is 11.0. The SMILES string of the molecule is Cc1ccc(C(=O)N/C(=C\c2ccco2)C(=O)NC(C)C)cc1. The maximum Gasteiger partial charge on any atom is 0.268 e. The number of hydrogen-bond acceptors (Lipinski definition) is 3. The summed E-state index contributed by atoms with van der Waals surface area (Å²) < 4.78 is 5.21. The Bertz CT molecular complexity index is 698. The van der Waals surface area contributed by atoms with Crippen molar-refractivity contribution in [3.05, 3.63) is 65.2 Å². The van der Waals surface area contributed by atoms with E-state index in [-0.39, 0.29) is 23.6 Å². The van der Waals surface area contributed by atoms with Crippen LogP contribution in [0.5, 0.6) is 0 Å². The molecule has 0 fully saturated rings. The molecule has 1 heterocycles. The predicted octanol–water partition coefficient (Wildman–Crippen LogP) is 2.88. The zero-order chi connectivity index (χ0) is 16.8. The van der Waals surface area contributed by atoms with Crippen LogP contribution in [0.25, 0.3) is 6.08 Å². The first-order valence-electron chi connectivity index (χ1n) is 7.40. The van der Waals surface area contributed by atoms with Gasteiger partial charge in [-0.15, -0.1) is 0 Å². The third kappa shape index (κ3) is 4.85. The standard InChI is InChI=1S/C18H20N2O3/c1-12(2)19-18(22)16(11-15-5-4-10-23-15)20-17(21)14-8-6-13(3)7-9-14/h4-12H,1-3H3,(H,19,22)(H,20,21)/b16-11-. The van der Waals surface area contributed by atoms with Crippen LogP contribution in [-0.2, 0) is 4.79 Å². The van der Waals surface area contributed by atoms with Crippen LogP contribution in [0.1, 0.15) is 35.5 Å². The van der Waals surface area contributed by atoms with Crippen LogP contribution >= 0.6 is 0 Å². The van der Waals surface area contributed by atoms with E-state index in [2.05, 4.69) is 10.6 Å². The molecule has 2 amide bonds. The molecule has 0 aliphatic rings. The van der Waals surface area contributed by atoms with Crippen molar-refractivity contribution >= 4 is 17.9 Å². The molecule has 5 nitrogen and oxygen atoms in total. The van der Waals surface area contributed by atoms with Gasteiger partial charge in [-0.2, -0.15) is 0 Å². The Kier molecular flexibility index (Phi) is 5.36. The average Bonchev–Trinajstić information content (AvgIpc) is 2.99. The fourth-order valence-electron chi connectivity index (χ4n) is 1.91. The number of rotatable bonds is 5. The summed E-state index contributed by atoms with van der Waals surface area (Å²) >= 11 is 0. The van der Waals surface area contributed by atoms with Crippen LogP contribution in [0, 0.1) is 6.92 Å². The van der Waals surface area contributed by atoms with Crippen molar-refractivity contribution < 1.29 is 14.0 Å². The summed E-state index contributed by atoms with van der Waals surface area (Å²) in [5.41, 5.74) is 1.68. The highest BCUT2D eigenvalue weighted by Gasteiger charge is 2.15. The normalized spacial score (nSPS) is 11.4. The summed E-state index contributed by atoms with van der Waals surface area (Å²) in [6, 6.07) is 10.5. The van der Waals surface area contributed by atoms with Crippen LogP contribution in [-0.4, -0.2) is 17.9 Å². The number of carbonyl (C=O) groups is 2. The van der Waals surface area contributed by atoms with E-state index in [0.717, 1.165) is 5.56 Å². The van der Waals surface area contributed by atoms with E-state index in [9.17, 15) is 9.59 Å². The molecule has 1 aromatic carbocycles. The molecule has 0 unspecified atom stereocenters. The maximum absolute atomic E-state index is 12.3. The van der Waals surface area contributed by atoms with E-state index in [1.54, 1.807) is 24.3 Å². The number of nitrogens with one attached hydrogen (secondary N) is 2. The molecule has 0 bridgehead atoms. The van der Waals surface area contributed by atoms with E-state index in [1.807, 2.05) is 32.9 Å². The fourth-order valence-corrected chi connectivity index (χ4v) is 1.91. The lowest BCUT2D eigenvalue weighted by Gasteiger charge is -2.12. The number of carbonyl (C=O) groups excluding carboxylic acids is 2. The van der Waals surface area contributed by atoms with Crippen LogP contribution in [0.15, 0.2) is 52.8 Å². The highest BCUT2D eigenvalue weighted by Crippen LogP contribution is 2.09. The maximum atomic E-state index is 12.3. The summed E-state index contributed by atoms with van der Waals surface area (Å²) in [4.78, 5) is 24.6. The molecule has 0 spiro atoms. The third-order valence-corrected chi connectivity index (χ3v) is 3.06. The minimum atomic E-state index is -0.364. The van der Waals surface area contributed by atoms with Crippen LogP contribution in [0.4, 0.5) is 0 Å². The third-order valence-electron chi connectivity index (χ3n) is 3.06. The number of aryl methyl sites for hydroxylation is 1. The van der Waals surface area contributed by atoms with E-state index in [1.165, 1.54) is 12.3 Å². The monoisotopic (exact) mass is 312 g/mol. The second kappa shape index (κ2) is 7.45. The minimum Gasteiger partial charge on any atom is -0.465 e. The highest BCUT2D eigenvalue weighted by molar-refractivity contribution is 6.05. The van der Waals surface area contributed by atoms with Gasteiger partial charge in [0.1, 0.15) is 11.5 Å². The lowest BCUT2D eigenvalue weighted by Crippen LogP contribution is -2.38. The zero-order valence-electron chi connectivity index (χ0n) is 13.4. The van der Waals surface area contributed by atoms with Crippen molar-refractivity contribution in [2.75, 3.05) is 0 Å². The summed E-state index contributed by atoms with van der Waals surface area (Å²) in [5, 5.41) is 5.40. The first-order valence-corrected chi connectivity index (χ1v) is 7.40. The molecule has 0 atom stereocenters. The van der Waals surface area contributed by atoms with Crippen LogP contribution in [0.3, 0.4) is 0 Å². The molecule has 0 aliphatic carbocycles. The Morgan fingerprint density at radius 3 is 2.39 bits per heavy atom. The molecule has 1 aromatic heterocycles. The zero-order valence-corrected chi connectivity index (χ0v) is 13.4. The van der Waals surface area contributed by atoms with Gasteiger partial charge in [0.15, 0.2) is 0 Å². The Morgan fingerprint density at radius 1 is 1.13 bits per heavy atom. The quantitative estimate of drug-likeness (QED) is 0.834. The van der Waals surface area contributed by atoms with Gasteiger partial charge >= 0.3 is 0 Å². The molecule has 2 rings (SSSR count). The summed E-state index contributed by atoms with van der Waals surface area (Å²) in [6.45, 7) is 5.65. The largest absolute Gasteiger partial charge is 0.465 e. The topological polar surface area (TPSA) is 71.3 Å². The summed E-state index contributed by atoms with van der Waals surface area (Å²) in [6.07, 6.45) is 3.01. The second-order valence-electron chi connectivity index (χ2n) is 5.52. The van der Waals surface area contributed by atoms with Gasteiger partial charge in [0.25, 0.3) is 11.8 Å². The van der Waals surface area contributed by atoms with Gasteiger partial charge in [0.05, 0.1) is 6.26 Å². The molecule has 2 aromatic rings. The van der Waals surface area contributed by atoms with Gasteiger partial charge in [-0.25, -0.2) is 0 Å². The van der Waals surface area contributed by atoms with E-state index >= 15 is 0 Å². The van der Waals surface area contributed by atoms with Crippen LogP contribution < -0.4 is 10.6 Å². The molecule has 23 heavy (non-hydrogen) atoms. The molecule has 5 heteroatoms. The van der Waals surface area contributed by atoms with Gasteiger partial charge in [-0.1, -0.05) is 17.7 Å². The van der Waals surface area contributed by atoms with Gasteiger partial charge in [0, 0.05) is 17.7 Å². The van der Waals surface area contributed by atoms with Crippen molar-refractivity contribution in [3.8, 4) is 0 Å². The Morgan fingerprint density at radius 2 is 1.83 bits per heavy atom. The predicted molar refractivity (Wildman–Crippen MR) is 88.6 cm³/mol. The number of hydrogen-bond donors (Lipinski definition) is 2. The highest BCUT2D eigenvalue weighted by atomic mass is 16.3. The van der Waals surface area contributed by atoms with Crippen molar-refractivity contribution in [1.82, 2.24) is 10.6 Å². The Labute approximate surface area is 135 Å². The molecule has 120 valence electrons. The fraction of sp³-hybridized carbons (Fsp3) is 0.222. The van der Waals surface area contributed by atoms with Gasteiger partial charge in [-0.3, -0.25) is 9.59 Å². The van der Waals surface area contributed by atoms with Crippen molar-refractivity contribution in [1.29, 1.82) is 0 Å². The second-order valence-corrected chi connectivity index (χ2v) is 5.52. The number of amides is 2. The smallest absolute Gasteiger partial charge is 0.268 e. The van der Waals surface area contributed by atoms with E-state index < -0.39 is 0 Å². The molecular formula is C18H20N2O3. The molecule has 2 N–H and O–H groups in total. The lowest BCUT2D eigenvalue weighted by atomic mass is 10.1. The van der Waals surface area contributed by atoms with Crippen molar-refractivity contribution in [2.45, 2.75) is 26.8 Å². The number of furan rings is 1. The summed E-state index contributed by atoms with van der Waals surface area (Å²) in [5.74, 6) is -0.221.